The summed E-state index contributed by atoms with van der Waals surface area (Å²) in [6, 6.07) is 8.57. The van der Waals surface area contributed by atoms with E-state index in [9.17, 15) is 4.79 Å². The van der Waals surface area contributed by atoms with Crippen LogP contribution in [-0.4, -0.2) is 38.0 Å². The van der Waals surface area contributed by atoms with E-state index in [1.165, 1.54) is 11.1 Å². The van der Waals surface area contributed by atoms with Crippen LogP contribution >= 0.6 is 0 Å². The van der Waals surface area contributed by atoms with Crippen LogP contribution in [0.4, 0.5) is 0 Å². The fraction of sp³-hybridized carbons (Fsp3) is 0.588. The highest BCUT2D eigenvalue weighted by Gasteiger charge is 2.26. The third kappa shape index (κ3) is 4.34. The lowest BCUT2D eigenvalue weighted by Crippen LogP contribution is -2.42. The first-order valence-corrected chi connectivity index (χ1v) is 7.24. The molecular weight excluding hydrogens is 248 g/mol. The minimum absolute atomic E-state index is 0.0128. The van der Waals surface area contributed by atoms with Gasteiger partial charge in [-0.05, 0) is 19.5 Å². The number of nitrogens with one attached hydrogen (secondary N) is 1. The van der Waals surface area contributed by atoms with Gasteiger partial charge in [-0.1, -0.05) is 50.6 Å². The van der Waals surface area contributed by atoms with Gasteiger partial charge in [0.2, 0.25) is 5.91 Å². The Bertz CT molecular complexity index is 437. The van der Waals surface area contributed by atoms with E-state index in [-0.39, 0.29) is 17.2 Å². The lowest BCUT2D eigenvalue weighted by molar-refractivity contribution is -0.134. The van der Waals surface area contributed by atoms with Gasteiger partial charge in [0.1, 0.15) is 0 Å². The molecule has 1 aromatic carbocycles. The smallest absolute Gasteiger partial charge is 0.226 e. The Morgan fingerprint density at radius 2 is 1.85 bits per heavy atom. The van der Waals surface area contributed by atoms with Gasteiger partial charge in [0, 0.05) is 31.5 Å². The Morgan fingerprint density at radius 1 is 1.30 bits per heavy atom. The van der Waals surface area contributed by atoms with Crippen molar-refractivity contribution in [3.05, 3.63) is 35.4 Å². The van der Waals surface area contributed by atoms with Gasteiger partial charge >= 0.3 is 0 Å². The van der Waals surface area contributed by atoms with Gasteiger partial charge in [0.25, 0.3) is 0 Å². The number of nitrogens with zero attached hydrogens (tertiary/aromatic N) is 1. The van der Waals surface area contributed by atoms with Gasteiger partial charge in [0.15, 0.2) is 0 Å². The van der Waals surface area contributed by atoms with Crippen LogP contribution < -0.4 is 5.32 Å². The first-order chi connectivity index (χ1) is 9.27. The summed E-state index contributed by atoms with van der Waals surface area (Å²) in [7, 11) is 3.77. The fourth-order valence-corrected chi connectivity index (χ4v) is 2.54. The first kappa shape index (κ1) is 16.7. The monoisotopic (exact) mass is 276 g/mol. The van der Waals surface area contributed by atoms with Crippen molar-refractivity contribution >= 4 is 5.91 Å². The number of aryl methyl sites for hydroxylation is 1. The summed E-state index contributed by atoms with van der Waals surface area (Å²) in [5.41, 5.74) is 2.48. The molecule has 20 heavy (non-hydrogen) atoms. The van der Waals surface area contributed by atoms with Gasteiger partial charge in [-0.25, -0.2) is 0 Å². The molecule has 0 saturated heterocycles. The number of hydrogen-bond donors (Lipinski definition) is 1. The normalized spacial score (nSPS) is 13.1. The van der Waals surface area contributed by atoms with E-state index < -0.39 is 0 Å². The van der Waals surface area contributed by atoms with Crippen molar-refractivity contribution in [3.63, 3.8) is 0 Å². The highest BCUT2D eigenvalue weighted by molar-refractivity contribution is 5.78. The Hall–Kier alpha value is -1.35. The van der Waals surface area contributed by atoms with Crippen LogP contribution in [0.1, 0.15) is 31.9 Å². The fourth-order valence-electron chi connectivity index (χ4n) is 2.54. The molecule has 0 aliphatic carbocycles. The van der Waals surface area contributed by atoms with Gasteiger partial charge < -0.3 is 10.2 Å². The van der Waals surface area contributed by atoms with E-state index in [0.29, 0.717) is 6.54 Å². The van der Waals surface area contributed by atoms with Crippen LogP contribution in [0.25, 0.3) is 0 Å². The highest BCUT2D eigenvalue weighted by atomic mass is 16.2. The zero-order valence-electron chi connectivity index (χ0n) is 13.7. The molecule has 1 atom stereocenters. The Balaban J connectivity index is 2.74. The average Bonchev–Trinajstić information content (AvgIpc) is 2.38. The number of carbonyl (C=O) groups is 1. The Labute approximate surface area is 123 Å². The number of benzene rings is 1. The molecule has 0 fully saturated rings. The molecule has 0 radical (unpaired) electrons. The first-order valence-electron chi connectivity index (χ1n) is 7.24. The zero-order chi connectivity index (χ0) is 15.3. The number of carbonyl (C=O) groups excluding carboxylic acids is 1. The second kappa shape index (κ2) is 6.89. The van der Waals surface area contributed by atoms with Crippen molar-refractivity contribution in [2.45, 2.75) is 33.1 Å². The van der Waals surface area contributed by atoms with Crippen LogP contribution in [0.3, 0.4) is 0 Å². The van der Waals surface area contributed by atoms with Gasteiger partial charge in [-0.2, -0.15) is 0 Å². The lowest BCUT2D eigenvalue weighted by Gasteiger charge is -2.32. The molecule has 0 bridgehead atoms. The maximum Gasteiger partial charge on any atom is 0.226 e. The third-order valence-corrected chi connectivity index (χ3v) is 3.77. The van der Waals surface area contributed by atoms with Crippen molar-refractivity contribution in [1.82, 2.24) is 10.2 Å². The van der Waals surface area contributed by atoms with E-state index in [0.717, 1.165) is 6.54 Å². The van der Waals surface area contributed by atoms with E-state index in [2.05, 4.69) is 50.4 Å². The molecule has 1 aromatic rings. The van der Waals surface area contributed by atoms with Gasteiger partial charge in [-0.15, -0.1) is 0 Å². The molecule has 3 heteroatoms. The maximum atomic E-state index is 12.3. The van der Waals surface area contributed by atoms with E-state index in [4.69, 9.17) is 0 Å². The summed E-state index contributed by atoms with van der Waals surface area (Å²) in [4.78, 5) is 14.1. The zero-order valence-corrected chi connectivity index (χ0v) is 13.7. The standard InChI is InChI=1S/C17H28N2O/c1-13-7-9-15(10-8-13)17(3,4)12-19(6)16(20)14(2)11-18-5/h7-10,14,18H,11-12H2,1-6H3. The maximum absolute atomic E-state index is 12.3. The number of amides is 1. The number of hydrogen-bond acceptors (Lipinski definition) is 2. The molecule has 0 spiro atoms. The van der Waals surface area contributed by atoms with E-state index in [1.54, 1.807) is 0 Å². The van der Waals surface area contributed by atoms with Gasteiger partial charge in [0.05, 0.1) is 0 Å². The molecule has 1 unspecified atom stereocenters. The molecule has 0 aromatic heterocycles. The van der Waals surface area contributed by atoms with Crippen LogP contribution in [0.2, 0.25) is 0 Å². The van der Waals surface area contributed by atoms with Crippen LogP contribution in [0.15, 0.2) is 24.3 Å². The van der Waals surface area contributed by atoms with Crippen molar-refractivity contribution < 1.29 is 4.79 Å². The molecule has 0 saturated carbocycles. The average molecular weight is 276 g/mol. The van der Waals surface area contributed by atoms with Crippen LogP contribution in [-0.2, 0) is 10.2 Å². The molecule has 0 aliphatic heterocycles. The summed E-state index contributed by atoms with van der Waals surface area (Å²) in [6.07, 6.45) is 0. The molecule has 3 nitrogen and oxygen atoms in total. The Morgan fingerprint density at radius 3 is 2.35 bits per heavy atom. The highest BCUT2D eigenvalue weighted by Crippen LogP contribution is 2.24. The topological polar surface area (TPSA) is 32.3 Å². The summed E-state index contributed by atoms with van der Waals surface area (Å²) >= 11 is 0. The Kier molecular flexibility index (Phi) is 5.75. The number of rotatable bonds is 6. The third-order valence-electron chi connectivity index (χ3n) is 3.77. The molecule has 1 amide bonds. The summed E-state index contributed by atoms with van der Waals surface area (Å²) in [5.74, 6) is 0.207. The van der Waals surface area contributed by atoms with Crippen molar-refractivity contribution in [1.29, 1.82) is 0 Å². The summed E-state index contributed by atoms with van der Waals surface area (Å²) < 4.78 is 0. The minimum Gasteiger partial charge on any atom is -0.345 e. The van der Waals surface area contributed by atoms with Crippen LogP contribution in [0.5, 0.6) is 0 Å². The molecule has 0 aliphatic rings. The van der Waals surface area contributed by atoms with Crippen molar-refractivity contribution in [3.8, 4) is 0 Å². The molecule has 1 N–H and O–H groups in total. The molecule has 0 heterocycles. The second-order valence-electron chi connectivity index (χ2n) is 6.40. The van der Waals surface area contributed by atoms with Crippen molar-refractivity contribution in [2.24, 2.45) is 5.92 Å². The van der Waals surface area contributed by atoms with Crippen molar-refractivity contribution in [2.75, 3.05) is 27.2 Å². The quantitative estimate of drug-likeness (QED) is 0.866. The predicted octanol–water partition coefficient (Wildman–Crippen LogP) is 2.59. The van der Waals surface area contributed by atoms with Gasteiger partial charge in [-0.3, -0.25) is 4.79 Å². The lowest BCUT2D eigenvalue weighted by atomic mass is 9.83. The molecular formula is C17H28N2O. The molecule has 112 valence electrons. The van der Waals surface area contributed by atoms with Crippen LogP contribution in [0, 0.1) is 12.8 Å². The second-order valence-corrected chi connectivity index (χ2v) is 6.40. The summed E-state index contributed by atoms with van der Waals surface area (Å²) in [6.45, 7) is 9.87. The summed E-state index contributed by atoms with van der Waals surface area (Å²) in [5, 5.41) is 3.06. The predicted molar refractivity (Wildman–Crippen MR) is 84.9 cm³/mol. The van der Waals surface area contributed by atoms with E-state index >= 15 is 0 Å². The number of likely N-dealkylation sites (N-methyl/N-ethyl adjacent to an activating group) is 1. The van der Waals surface area contributed by atoms with E-state index in [1.807, 2.05) is 25.9 Å². The molecule has 1 rings (SSSR count). The SMILES string of the molecule is CNCC(C)C(=O)N(C)CC(C)(C)c1ccc(C)cc1. The largest absolute Gasteiger partial charge is 0.345 e. The minimum atomic E-state index is -0.0442.